The lowest BCUT2D eigenvalue weighted by molar-refractivity contribution is 0.270. The molecule has 1 aliphatic rings. The van der Waals surface area contributed by atoms with Crippen molar-refractivity contribution in [1.29, 1.82) is 5.26 Å². The molecule has 3 rings (SSSR count). The van der Waals surface area contributed by atoms with Crippen molar-refractivity contribution in [3.05, 3.63) is 64.1 Å². The number of hydrazone groups is 1. The predicted molar refractivity (Wildman–Crippen MR) is 89.7 cm³/mol. The Morgan fingerprint density at radius 2 is 1.95 bits per heavy atom. The molecule has 1 heterocycles. The molecular formula is C16H14BrN5. The van der Waals surface area contributed by atoms with Crippen LogP contribution in [0.2, 0.25) is 0 Å². The topological polar surface area (TPSA) is 54.7 Å². The number of hydrazine groups is 1. The number of nitrogens with one attached hydrogen (secondary N) is 1. The highest BCUT2D eigenvalue weighted by atomic mass is 79.9. The van der Waals surface area contributed by atoms with E-state index in [-0.39, 0.29) is 0 Å². The first-order valence-corrected chi connectivity index (χ1v) is 7.60. The average Bonchev–Trinajstić information content (AvgIpc) is 2.97. The Kier molecular flexibility index (Phi) is 4.26. The van der Waals surface area contributed by atoms with Crippen molar-refractivity contribution in [3.8, 4) is 6.07 Å². The zero-order chi connectivity index (χ0) is 15.4. The van der Waals surface area contributed by atoms with Crippen molar-refractivity contribution >= 4 is 28.0 Å². The van der Waals surface area contributed by atoms with Gasteiger partial charge in [0.2, 0.25) is 0 Å². The molecule has 0 amide bonds. The number of hydrogen-bond donors (Lipinski definition) is 1. The Balaban J connectivity index is 1.57. The summed E-state index contributed by atoms with van der Waals surface area (Å²) in [4.78, 5) is 2.11. The third-order valence-electron chi connectivity index (χ3n) is 3.27. The van der Waals surface area contributed by atoms with Crippen molar-refractivity contribution in [2.45, 2.75) is 6.54 Å². The Morgan fingerprint density at radius 3 is 2.68 bits per heavy atom. The second-order valence-corrected chi connectivity index (χ2v) is 5.77. The summed E-state index contributed by atoms with van der Waals surface area (Å²) in [5, 5.41) is 14.9. The lowest BCUT2D eigenvalue weighted by atomic mass is 10.2. The second-order valence-electron chi connectivity index (χ2n) is 4.91. The van der Waals surface area contributed by atoms with E-state index >= 15 is 0 Å². The Morgan fingerprint density at radius 1 is 1.18 bits per heavy atom. The highest BCUT2D eigenvalue weighted by molar-refractivity contribution is 9.10. The summed E-state index contributed by atoms with van der Waals surface area (Å²) in [6, 6.07) is 17.6. The number of benzene rings is 2. The van der Waals surface area contributed by atoms with Gasteiger partial charge >= 0.3 is 0 Å². The quantitative estimate of drug-likeness (QED) is 0.913. The van der Waals surface area contributed by atoms with E-state index in [0.29, 0.717) is 12.2 Å². The summed E-state index contributed by atoms with van der Waals surface area (Å²) in [5.41, 5.74) is 5.96. The van der Waals surface area contributed by atoms with E-state index in [0.717, 1.165) is 16.7 Å². The van der Waals surface area contributed by atoms with Gasteiger partial charge in [-0.1, -0.05) is 34.1 Å². The van der Waals surface area contributed by atoms with Gasteiger partial charge in [-0.05, 0) is 35.9 Å². The van der Waals surface area contributed by atoms with Gasteiger partial charge in [0.1, 0.15) is 13.0 Å². The molecule has 1 N–H and O–H groups in total. The van der Waals surface area contributed by atoms with Crippen molar-refractivity contribution < 1.29 is 0 Å². The molecule has 2 aromatic rings. The normalized spacial score (nSPS) is 13.3. The first-order chi connectivity index (χ1) is 10.7. The molecule has 0 bridgehead atoms. The Hall–Kier alpha value is -2.52. The van der Waals surface area contributed by atoms with Gasteiger partial charge in [0, 0.05) is 11.0 Å². The zero-order valence-electron chi connectivity index (χ0n) is 11.8. The van der Waals surface area contributed by atoms with Crippen molar-refractivity contribution in [2.24, 2.45) is 5.10 Å². The summed E-state index contributed by atoms with van der Waals surface area (Å²) >= 11 is 3.56. The Labute approximate surface area is 137 Å². The third kappa shape index (κ3) is 3.38. The number of rotatable bonds is 4. The van der Waals surface area contributed by atoms with Gasteiger partial charge < -0.3 is 4.90 Å². The van der Waals surface area contributed by atoms with Crippen LogP contribution in [0.15, 0.2) is 58.1 Å². The minimum Gasteiger partial charge on any atom is -0.336 e. The summed E-state index contributed by atoms with van der Waals surface area (Å²) in [7, 11) is 0. The molecule has 0 saturated carbocycles. The summed E-state index contributed by atoms with van der Waals surface area (Å²) in [6.45, 7) is 1.44. The van der Waals surface area contributed by atoms with Crippen LogP contribution in [0.5, 0.6) is 0 Å². The zero-order valence-corrected chi connectivity index (χ0v) is 13.4. The molecule has 6 heteroatoms. The minimum atomic E-state index is 0.644. The molecule has 2 aromatic carbocycles. The number of anilines is 1. The third-order valence-corrected chi connectivity index (χ3v) is 4.05. The molecule has 0 unspecified atom stereocenters. The van der Waals surface area contributed by atoms with Crippen molar-refractivity contribution in [3.63, 3.8) is 0 Å². The maximum Gasteiger partial charge on any atom is 0.130 e. The molecule has 0 radical (unpaired) electrons. The molecule has 0 saturated heterocycles. The summed E-state index contributed by atoms with van der Waals surface area (Å²) in [6.07, 6.45) is 1.82. The van der Waals surface area contributed by atoms with Crippen molar-refractivity contribution in [1.82, 2.24) is 10.0 Å². The first-order valence-electron chi connectivity index (χ1n) is 6.80. The lowest BCUT2D eigenvalue weighted by Gasteiger charge is -2.20. The van der Waals surface area contributed by atoms with Crippen LogP contribution in [0.1, 0.15) is 11.1 Å². The standard InChI is InChI=1S/C16H14BrN5/c17-16-4-2-1-3-14(16)10-21-11-19-22(12-21)20-15-7-5-13(9-18)6-8-15/h1-8,11,20H,10,12H2. The van der Waals surface area contributed by atoms with Gasteiger partial charge in [-0.2, -0.15) is 10.4 Å². The number of nitriles is 1. The Bertz CT molecular complexity index is 720. The SMILES string of the molecule is N#Cc1ccc(NN2CN(Cc3ccccc3Br)C=N2)cc1. The largest absolute Gasteiger partial charge is 0.336 e. The van der Waals surface area contributed by atoms with Crippen LogP contribution in [-0.2, 0) is 6.54 Å². The second kappa shape index (κ2) is 6.50. The average molecular weight is 356 g/mol. The predicted octanol–water partition coefficient (Wildman–Crippen LogP) is 3.37. The highest BCUT2D eigenvalue weighted by Crippen LogP contribution is 2.19. The monoisotopic (exact) mass is 355 g/mol. The number of halogens is 1. The van der Waals surface area contributed by atoms with Gasteiger partial charge in [-0.3, -0.25) is 5.43 Å². The molecular weight excluding hydrogens is 342 g/mol. The molecule has 0 atom stereocenters. The fourth-order valence-corrected chi connectivity index (χ4v) is 2.56. The highest BCUT2D eigenvalue weighted by Gasteiger charge is 2.14. The van der Waals surface area contributed by atoms with Gasteiger partial charge in [-0.15, -0.1) is 5.10 Å². The molecule has 110 valence electrons. The minimum absolute atomic E-state index is 0.644. The van der Waals surface area contributed by atoms with Crippen LogP contribution in [-0.4, -0.2) is 23.0 Å². The van der Waals surface area contributed by atoms with E-state index in [4.69, 9.17) is 5.26 Å². The number of nitrogens with zero attached hydrogens (tertiary/aromatic N) is 4. The van der Waals surface area contributed by atoms with Crippen LogP contribution in [0.25, 0.3) is 0 Å². The van der Waals surface area contributed by atoms with Crippen LogP contribution < -0.4 is 5.43 Å². The fraction of sp³-hybridized carbons (Fsp3) is 0.125. The van der Waals surface area contributed by atoms with E-state index in [1.807, 2.05) is 36.7 Å². The van der Waals surface area contributed by atoms with Crippen LogP contribution >= 0.6 is 15.9 Å². The smallest absolute Gasteiger partial charge is 0.130 e. The molecule has 0 aliphatic carbocycles. The van der Waals surface area contributed by atoms with E-state index in [2.05, 4.69) is 43.5 Å². The van der Waals surface area contributed by atoms with Crippen LogP contribution in [0.4, 0.5) is 5.69 Å². The van der Waals surface area contributed by atoms with Gasteiger partial charge in [0.25, 0.3) is 0 Å². The number of hydrogen-bond acceptors (Lipinski definition) is 5. The molecule has 0 fully saturated rings. The van der Waals surface area contributed by atoms with Crippen LogP contribution in [0, 0.1) is 11.3 Å². The van der Waals surface area contributed by atoms with Gasteiger partial charge in [-0.25, -0.2) is 0 Å². The molecule has 0 spiro atoms. The fourth-order valence-electron chi connectivity index (χ4n) is 2.15. The van der Waals surface area contributed by atoms with Crippen LogP contribution in [0.3, 0.4) is 0 Å². The molecule has 0 aromatic heterocycles. The maximum atomic E-state index is 8.80. The summed E-state index contributed by atoms with van der Waals surface area (Å²) in [5.74, 6) is 0. The van der Waals surface area contributed by atoms with E-state index < -0.39 is 0 Å². The lowest BCUT2D eigenvalue weighted by Crippen LogP contribution is -2.30. The molecule has 5 nitrogen and oxygen atoms in total. The van der Waals surface area contributed by atoms with E-state index in [9.17, 15) is 0 Å². The maximum absolute atomic E-state index is 8.80. The van der Waals surface area contributed by atoms with Gasteiger partial charge in [0.15, 0.2) is 0 Å². The van der Waals surface area contributed by atoms with Gasteiger partial charge in [0.05, 0.1) is 17.3 Å². The summed E-state index contributed by atoms with van der Waals surface area (Å²) < 4.78 is 1.10. The first kappa shape index (κ1) is 14.4. The molecule has 22 heavy (non-hydrogen) atoms. The van der Waals surface area contributed by atoms with E-state index in [1.165, 1.54) is 5.56 Å². The van der Waals surface area contributed by atoms with E-state index in [1.54, 1.807) is 17.3 Å². The van der Waals surface area contributed by atoms with Crippen molar-refractivity contribution in [2.75, 3.05) is 12.1 Å². The molecule has 1 aliphatic heterocycles.